The first-order chi connectivity index (χ1) is 2.27. The fraction of sp³-hybridized carbons (Fsp3) is 0.333. The minimum absolute atomic E-state index is 0.361. The molecule has 0 bridgehead atoms. The van der Waals surface area contributed by atoms with Crippen LogP contribution >= 0.6 is 0 Å². The molecule has 2 nitrogen and oxygen atoms in total. The van der Waals surface area contributed by atoms with E-state index in [0.717, 1.165) is 0 Å². The SMILES string of the molecule is [CH2]C(O)C=O. The Labute approximate surface area is 30.4 Å². The van der Waals surface area contributed by atoms with Gasteiger partial charge in [-0.3, -0.25) is 0 Å². The number of hydrogen-bond acceptors (Lipinski definition) is 2. The Hall–Kier alpha value is -0.370. The molecule has 0 aliphatic carbocycles. The van der Waals surface area contributed by atoms with Gasteiger partial charge in [-0.15, -0.1) is 0 Å². The molecular weight excluding hydrogens is 68.0 g/mol. The molecule has 0 aromatic heterocycles. The molecule has 5 heavy (non-hydrogen) atoms. The molecule has 0 aromatic carbocycles. The Morgan fingerprint density at radius 2 is 2.20 bits per heavy atom. The highest BCUT2D eigenvalue weighted by Crippen LogP contribution is 1.61. The summed E-state index contributed by atoms with van der Waals surface area (Å²) >= 11 is 0. The van der Waals surface area contributed by atoms with Crippen molar-refractivity contribution in [3.8, 4) is 0 Å². The van der Waals surface area contributed by atoms with Gasteiger partial charge < -0.3 is 9.90 Å². The third-order valence-electron chi connectivity index (χ3n) is 0.157. The molecule has 1 N–H and O–H groups in total. The van der Waals surface area contributed by atoms with Gasteiger partial charge in [0, 0.05) is 0 Å². The number of carbonyl (C=O) groups is 1. The van der Waals surface area contributed by atoms with Crippen molar-refractivity contribution in [1.82, 2.24) is 0 Å². The van der Waals surface area contributed by atoms with E-state index < -0.39 is 6.10 Å². The molecule has 1 atom stereocenters. The average Bonchev–Trinajstić information content (AvgIpc) is 1.38. The highest BCUT2D eigenvalue weighted by Gasteiger charge is 1.81. The summed E-state index contributed by atoms with van der Waals surface area (Å²) in [6, 6.07) is 0. The van der Waals surface area contributed by atoms with E-state index in [1.54, 1.807) is 0 Å². The summed E-state index contributed by atoms with van der Waals surface area (Å²) in [7, 11) is 0. The monoisotopic (exact) mass is 73.0 g/mol. The van der Waals surface area contributed by atoms with Gasteiger partial charge in [-0.1, -0.05) is 0 Å². The zero-order chi connectivity index (χ0) is 4.28. The van der Waals surface area contributed by atoms with Crippen LogP contribution in [0.2, 0.25) is 0 Å². The van der Waals surface area contributed by atoms with Crippen molar-refractivity contribution in [2.24, 2.45) is 0 Å². The second-order valence-corrected chi connectivity index (χ2v) is 0.703. The maximum absolute atomic E-state index is 9.19. The van der Waals surface area contributed by atoms with Crippen LogP contribution in [-0.2, 0) is 4.79 Å². The molecule has 29 valence electrons. The first-order valence-corrected chi connectivity index (χ1v) is 1.24. The summed E-state index contributed by atoms with van der Waals surface area (Å²) in [5.41, 5.74) is 0. The van der Waals surface area contributed by atoms with Crippen molar-refractivity contribution >= 4 is 6.29 Å². The molecule has 0 saturated carbocycles. The zero-order valence-corrected chi connectivity index (χ0v) is 2.72. The van der Waals surface area contributed by atoms with Gasteiger partial charge in [0.05, 0.1) is 0 Å². The van der Waals surface area contributed by atoms with Crippen molar-refractivity contribution in [1.29, 1.82) is 0 Å². The zero-order valence-electron chi connectivity index (χ0n) is 2.72. The molecule has 1 radical (unpaired) electrons. The number of hydrogen-bond donors (Lipinski definition) is 1. The van der Waals surface area contributed by atoms with Gasteiger partial charge in [-0.05, 0) is 6.92 Å². The van der Waals surface area contributed by atoms with Crippen molar-refractivity contribution < 1.29 is 9.90 Å². The molecule has 2 heteroatoms. The number of rotatable bonds is 1. The Morgan fingerprint density at radius 3 is 2.20 bits per heavy atom. The van der Waals surface area contributed by atoms with E-state index in [9.17, 15) is 4.79 Å². The van der Waals surface area contributed by atoms with Gasteiger partial charge in [0.2, 0.25) is 0 Å². The molecule has 0 spiro atoms. The highest BCUT2D eigenvalue weighted by molar-refractivity contribution is 5.56. The van der Waals surface area contributed by atoms with Crippen molar-refractivity contribution in [2.45, 2.75) is 6.10 Å². The molecule has 0 saturated heterocycles. The predicted octanol–water partition coefficient (Wildman–Crippen LogP) is -0.620. The van der Waals surface area contributed by atoms with Crippen LogP contribution < -0.4 is 0 Å². The Kier molecular flexibility index (Phi) is 1.76. The summed E-state index contributed by atoms with van der Waals surface area (Å²) in [4.78, 5) is 9.19. The number of carbonyl (C=O) groups excluding carboxylic acids is 1. The second kappa shape index (κ2) is 1.91. The van der Waals surface area contributed by atoms with E-state index in [1.807, 2.05) is 0 Å². The van der Waals surface area contributed by atoms with Crippen LogP contribution in [0.1, 0.15) is 0 Å². The largest absolute Gasteiger partial charge is 0.386 e. The van der Waals surface area contributed by atoms with E-state index in [1.165, 1.54) is 0 Å². The molecule has 0 aliphatic heterocycles. The average molecular weight is 73.1 g/mol. The standard InChI is InChI=1S/C3H5O2/c1-3(5)2-4/h2-3,5H,1H2. The minimum Gasteiger partial charge on any atom is -0.386 e. The highest BCUT2D eigenvalue weighted by atomic mass is 16.3. The molecule has 0 fully saturated rings. The normalized spacial score (nSPS) is 14.0. The van der Waals surface area contributed by atoms with Gasteiger partial charge in [-0.25, -0.2) is 0 Å². The van der Waals surface area contributed by atoms with Gasteiger partial charge in [0.25, 0.3) is 0 Å². The Morgan fingerprint density at radius 1 is 2.00 bits per heavy atom. The first-order valence-electron chi connectivity index (χ1n) is 1.24. The lowest BCUT2D eigenvalue weighted by Gasteiger charge is -1.79. The van der Waals surface area contributed by atoms with E-state index in [-0.39, 0.29) is 0 Å². The number of aliphatic hydroxyl groups is 1. The van der Waals surface area contributed by atoms with Crippen molar-refractivity contribution in [2.75, 3.05) is 0 Å². The number of aldehydes is 1. The minimum atomic E-state index is -1.05. The summed E-state index contributed by atoms with van der Waals surface area (Å²) in [6.07, 6.45) is -0.685. The molecule has 0 aliphatic rings. The van der Waals surface area contributed by atoms with Crippen LogP contribution in [0.25, 0.3) is 0 Å². The van der Waals surface area contributed by atoms with E-state index in [0.29, 0.717) is 6.29 Å². The smallest absolute Gasteiger partial charge is 0.148 e. The maximum atomic E-state index is 9.19. The second-order valence-electron chi connectivity index (χ2n) is 0.703. The van der Waals surface area contributed by atoms with Crippen LogP contribution in [0, 0.1) is 6.92 Å². The topological polar surface area (TPSA) is 37.3 Å². The van der Waals surface area contributed by atoms with Crippen LogP contribution in [0.5, 0.6) is 0 Å². The van der Waals surface area contributed by atoms with Crippen LogP contribution in [0.3, 0.4) is 0 Å². The molecule has 0 rings (SSSR count). The lowest BCUT2D eigenvalue weighted by Crippen LogP contribution is -1.98. The third-order valence-corrected chi connectivity index (χ3v) is 0.157. The Balaban J connectivity index is 2.83. The summed E-state index contributed by atoms with van der Waals surface area (Å²) in [6.45, 7) is 2.94. The maximum Gasteiger partial charge on any atom is 0.148 e. The van der Waals surface area contributed by atoms with E-state index >= 15 is 0 Å². The molecular formula is C3H5O2. The van der Waals surface area contributed by atoms with E-state index in [2.05, 4.69) is 6.92 Å². The number of aliphatic hydroxyl groups excluding tert-OH is 1. The molecule has 1 unspecified atom stereocenters. The fourth-order valence-corrected chi connectivity index (χ4v) is 0. The van der Waals surface area contributed by atoms with Gasteiger partial charge in [0.15, 0.2) is 0 Å². The van der Waals surface area contributed by atoms with Gasteiger partial charge in [0.1, 0.15) is 12.4 Å². The van der Waals surface area contributed by atoms with Crippen LogP contribution in [0.4, 0.5) is 0 Å². The summed E-state index contributed by atoms with van der Waals surface area (Å²) < 4.78 is 0. The first kappa shape index (κ1) is 4.63. The molecule has 0 heterocycles. The van der Waals surface area contributed by atoms with Crippen LogP contribution in [0.15, 0.2) is 0 Å². The third kappa shape index (κ3) is 3.63. The van der Waals surface area contributed by atoms with Gasteiger partial charge in [-0.2, -0.15) is 0 Å². The lowest BCUT2D eigenvalue weighted by molar-refractivity contribution is -0.113. The van der Waals surface area contributed by atoms with Crippen LogP contribution in [-0.4, -0.2) is 17.5 Å². The lowest BCUT2D eigenvalue weighted by atomic mass is 10.5. The molecule has 0 amide bonds. The van der Waals surface area contributed by atoms with E-state index in [4.69, 9.17) is 5.11 Å². The quantitative estimate of drug-likeness (QED) is 0.420. The fourth-order valence-electron chi connectivity index (χ4n) is 0. The Bertz CT molecular complexity index is 31.9. The van der Waals surface area contributed by atoms with Crippen molar-refractivity contribution in [3.05, 3.63) is 6.92 Å². The van der Waals surface area contributed by atoms with Crippen molar-refractivity contribution in [3.63, 3.8) is 0 Å². The summed E-state index contributed by atoms with van der Waals surface area (Å²) in [5, 5.41) is 7.88. The van der Waals surface area contributed by atoms with Gasteiger partial charge >= 0.3 is 0 Å². The summed E-state index contributed by atoms with van der Waals surface area (Å²) in [5.74, 6) is 0. The predicted molar refractivity (Wildman–Crippen MR) is 17.4 cm³/mol. The molecule has 0 aromatic rings.